The Hall–Kier alpha value is -11.3. The van der Waals surface area contributed by atoms with Crippen LogP contribution in [0, 0.1) is 0 Å². The third-order valence-electron chi connectivity index (χ3n) is 17.7. The molecule has 2 aromatic heterocycles. The van der Waals surface area contributed by atoms with Gasteiger partial charge in [0.25, 0.3) is 0 Å². The molecule has 2 nitrogen and oxygen atoms in total. The SMILES string of the molecule is c1ccc(-c2cccc(-c3c4ccccc4c(-c4cccc5oc6c7ccccc7ccc6c45)c4ccccc34)c2)cc1.c1ccc(-c2cccc(-c3c4ccccc4c(-c4cccc5oc6cc7ccccc7cc6c45)c4ccccc34)c2)cc1. The Kier molecular flexibility index (Phi) is 11.6. The van der Waals surface area contributed by atoms with Crippen LogP contribution in [-0.2, 0) is 0 Å². The molecule has 0 amide bonds. The normalized spacial score (nSPS) is 11.7. The minimum atomic E-state index is 0.913. The Balaban J connectivity index is 0.000000134. The molecule has 0 bridgehead atoms. The van der Waals surface area contributed by atoms with Gasteiger partial charge in [0.05, 0.1) is 0 Å². The Morgan fingerprint density at radius 1 is 0.174 bits per heavy atom. The van der Waals surface area contributed by atoms with Gasteiger partial charge in [-0.15, -0.1) is 0 Å². The van der Waals surface area contributed by atoms with E-state index in [1.807, 2.05) is 0 Å². The molecule has 0 radical (unpaired) electrons. The number of hydrogen-bond donors (Lipinski definition) is 0. The van der Waals surface area contributed by atoms with Gasteiger partial charge >= 0.3 is 0 Å². The Bertz CT molecular complexity index is 5370. The molecule has 18 aromatic rings. The van der Waals surface area contributed by atoms with E-state index in [9.17, 15) is 0 Å². The first kappa shape index (κ1) is 49.3. The maximum absolute atomic E-state index is 6.60. The van der Waals surface area contributed by atoms with Crippen molar-refractivity contribution in [3.63, 3.8) is 0 Å². The summed E-state index contributed by atoms with van der Waals surface area (Å²) in [5.74, 6) is 0. The van der Waals surface area contributed by atoms with Crippen LogP contribution in [0.4, 0.5) is 0 Å². The van der Waals surface area contributed by atoms with Crippen molar-refractivity contribution in [1.82, 2.24) is 0 Å². The van der Waals surface area contributed by atoms with E-state index in [0.29, 0.717) is 0 Å². The van der Waals surface area contributed by atoms with Gasteiger partial charge in [-0.3, -0.25) is 0 Å². The molecule has 0 N–H and O–H groups in total. The average Bonchev–Trinajstić information content (AvgIpc) is 1.43. The molecule has 2 heteroatoms. The quantitative estimate of drug-likeness (QED) is 0.155. The van der Waals surface area contributed by atoms with Gasteiger partial charge in [0.1, 0.15) is 22.3 Å². The first-order chi connectivity index (χ1) is 42.7. The fraction of sp³-hybridized carbons (Fsp3) is 0. The molecule has 0 aliphatic heterocycles. The van der Waals surface area contributed by atoms with Crippen molar-refractivity contribution >= 4 is 109 Å². The standard InChI is InChI=1S/2C42H26O/c1-2-12-27(13-3-1)29-15-10-16-30(26-29)39-32-18-6-8-20-34(32)40(35-21-9-7-19-33(35)39)36-22-11-23-38-41(36)37-25-24-28-14-4-5-17-31(28)42(37)43-38;1-2-12-27(13-3-1)28-16-10-17-31(24-28)40-32-18-6-8-20-34(32)41(35-21-9-7-19-33(35)40)36-22-11-23-38-42(36)37-25-29-14-4-5-15-30(29)26-39(37)43-38/h2*1-26H. The Morgan fingerprint density at radius 3 is 1.02 bits per heavy atom. The van der Waals surface area contributed by atoms with E-state index in [0.717, 1.165) is 49.3 Å². The lowest BCUT2D eigenvalue weighted by Gasteiger charge is -2.18. The summed E-state index contributed by atoms with van der Waals surface area (Å²) in [5.41, 5.74) is 18.4. The van der Waals surface area contributed by atoms with E-state index in [1.54, 1.807) is 0 Å². The molecule has 0 fully saturated rings. The van der Waals surface area contributed by atoms with E-state index in [-0.39, 0.29) is 0 Å². The molecule has 2 heterocycles. The second-order valence-corrected chi connectivity index (χ2v) is 22.5. The number of hydrogen-bond acceptors (Lipinski definition) is 2. The molecule has 16 aromatic carbocycles. The Labute approximate surface area is 496 Å². The fourth-order valence-corrected chi connectivity index (χ4v) is 13.9. The molecular weight excluding hydrogens is 1040 g/mol. The first-order valence-electron chi connectivity index (χ1n) is 29.5. The molecular formula is C84H52O2. The molecule has 0 aliphatic carbocycles. The van der Waals surface area contributed by atoms with Gasteiger partial charge in [-0.25, -0.2) is 0 Å². The van der Waals surface area contributed by atoms with Gasteiger partial charge < -0.3 is 8.83 Å². The van der Waals surface area contributed by atoms with E-state index in [1.165, 1.54) is 126 Å². The maximum Gasteiger partial charge on any atom is 0.143 e. The lowest BCUT2D eigenvalue weighted by molar-refractivity contribution is 0.669. The van der Waals surface area contributed by atoms with Crippen molar-refractivity contribution in [2.45, 2.75) is 0 Å². The highest BCUT2D eigenvalue weighted by Gasteiger charge is 2.23. The molecule has 0 aliphatic rings. The van der Waals surface area contributed by atoms with Crippen molar-refractivity contribution in [2.75, 3.05) is 0 Å². The average molecular weight is 1090 g/mol. The monoisotopic (exact) mass is 1090 g/mol. The van der Waals surface area contributed by atoms with Crippen LogP contribution in [0.15, 0.2) is 324 Å². The van der Waals surface area contributed by atoms with E-state index in [2.05, 4.69) is 315 Å². The topological polar surface area (TPSA) is 26.3 Å². The van der Waals surface area contributed by atoms with Crippen LogP contribution in [0.25, 0.3) is 175 Å². The molecule has 0 saturated carbocycles. The van der Waals surface area contributed by atoms with Crippen molar-refractivity contribution in [1.29, 1.82) is 0 Å². The molecule has 0 atom stereocenters. The summed E-state index contributed by atoms with van der Waals surface area (Å²) in [4.78, 5) is 0. The number of fused-ring (bicyclic) bond motifs is 13. The molecule has 0 saturated heterocycles. The van der Waals surface area contributed by atoms with Crippen molar-refractivity contribution < 1.29 is 8.83 Å². The summed E-state index contributed by atoms with van der Waals surface area (Å²) in [5, 5.41) is 19.3. The smallest absolute Gasteiger partial charge is 0.143 e. The highest BCUT2D eigenvalue weighted by molar-refractivity contribution is 6.29. The molecule has 400 valence electrons. The molecule has 18 rings (SSSR count). The molecule has 0 unspecified atom stereocenters. The third-order valence-corrected chi connectivity index (χ3v) is 17.7. The minimum absolute atomic E-state index is 0.913. The highest BCUT2D eigenvalue weighted by Crippen LogP contribution is 2.50. The lowest BCUT2D eigenvalue weighted by atomic mass is 9.84. The second kappa shape index (κ2) is 20.2. The van der Waals surface area contributed by atoms with Crippen LogP contribution in [0.3, 0.4) is 0 Å². The second-order valence-electron chi connectivity index (χ2n) is 22.5. The molecule has 86 heavy (non-hydrogen) atoms. The van der Waals surface area contributed by atoms with Gasteiger partial charge in [0.2, 0.25) is 0 Å². The van der Waals surface area contributed by atoms with Gasteiger partial charge in [-0.05, 0) is 168 Å². The number of furan rings is 2. The number of rotatable bonds is 6. The zero-order valence-corrected chi connectivity index (χ0v) is 46.8. The predicted molar refractivity (Wildman–Crippen MR) is 365 cm³/mol. The van der Waals surface area contributed by atoms with E-state index >= 15 is 0 Å². The minimum Gasteiger partial charge on any atom is -0.456 e. The van der Waals surface area contributed by atoms with Gasteiger partial charge in [0, 0.05) is 26.9 Å². The zero-order valence-electron chi connectivity index (χ0n) is 46.8. The summed E-state index contributed by atoms with van der Waals surface area (Å²) in [6, 6.07) is 113. The summed E-state index contributed by atoms with van der Waals surface area (Å²) >= 11 is 0. The summed E-state index contributed by atoms with van der Waals surface area (Å²) < 4.78 is 13.1. The van der Waals surface area contributed by atoms with Crippen LogP contribution in [0.1, 0.15) is 0 Å². The largest absolute Gasteiger partial charge is 0.456 e. The summed E-state index contributed by atoms with van der Waals surface area (Å²) in [6.45, 7) is 0. The van der Waals surface area contributed by atoms with Crippen LogP contribution in [0.5, 0.6) is 0 Å². The Morgan fingerprint density at radius 2 is 0.535 bits per heavy atom. The fourth-order valence-electron chi connectivity index (χ4n) is 13.9. The maximum atomic E-state index is 6.60. The van der Waals surface area contributed by atoms with Gasteiger partial charge in [-0.1, -0.05) is 273 Å². The van der Waals surface area contributed by atoms with Crippen molar-refractivity contribution in [3.05, 3.63) is 315 Å². The molecule has 0 spiro atoms. The number of benzene rings is 16. The van der Waals surface area contributed by atoms with Gasteiger partial charge in [-0.2, -0.15) is 0 Å². The van der Waals surface area contributed by atoms with Crippen molar-refractivity contribution in [2.24, 2.45) is 0 Å². The van der Waals surface area contributed by atoms with Crippen LogP contribution >= 0.6 is 0 Å². The predicted octanol–water partition coefficient (Wildman–Crippen LogP) is 24.1. The van der Waals surface area contributed by atoms with Gasteiger partial charge in [0.15, 0.2) is 0 Å². The lowest BCUT2D eigenvalue weighted by Crippen LogP contribution is -1.91. The third kappa shape index (κ3) is 8.03. The van der Waals surface area contributed by atoms with Crippen LogP contribution < -0.4 is 0 Å². The highest BCUT2D eigenvalue weighted by atomic mass is 16.3. The van der Waals surface area contributed by atoms with E-state index in [4.69, 9.17) is 8.83 Å². The zero-order chi connectivity index (χ0) is 56.7. The van der Waals surface area contributed by atoms with Crippen LogP contribution in [-0.4, -0.2) is 0 Å². The summed E-state index contributed by atoms with van der Waals surface area (Å²) in [7, 11) is 0. The summed E-state index contributed by atoms with van der Waals surface area (Å²) in [6.07, 6.45) is 0. The van der Waals surface area contributed by atoms with Crippen LogP contribution in [0.2, 0.25) is 0 Å². The first-order valence-corrected chi connectivity index (χ1v) is 29.5. The van der Waals surface area contributed by atoms with Crippen molar-refractivity contribution in [3.8, 4) is 66.8 Å². The van der Waals surface area contributed by atoms with E-state index < -0.39 is 0 Å².